The average Bonchev–Trinajstić information content (AvgIpc) is 3.77. The first-order valence-electron chi connectivity index (χ1n) is 14.7. The lowest BCUT2D eigenvalue weighted by Gasteiger charge is -2.35. The third-order valence-electron chi connectivity index (χ3n) is 8.30. The van der Waals surface area contributed by atoms with Gasteiger partial charge in [0.15, 0.2) is 6.04 Å². The van der Waals surface area contributed by atoms with Crippen molar-refractivity contribution in [2.75, 3.05) is 6.54 Å². The summed E-state index contributed by atoms with van der Waals surface area (Å²) in [4.78, 5) is 32.9. The Labute approximate surface area is 259 Å². The van der Waals surface area contributed by atoms with E-state index in [-0.39, 0.29) is 12.5 Å². The zero-order valence-electron chi connectivity index (χ0n) is 24.2. The molecule has 0 radical (unpaired) electrons. The lowest BCUT2D eigenvalue weighted by atomic mass is 9.88. The van der Waals surface area contributed by atoms with Gasteiger partial charge in [-0.2, -0.15) is 5.21 Å². The van der Waals surface area contributed by atoms with Crippen LogP contribution in [0.1, 0.15) is 40.0 Å². The van der Waals surface area contributed by atoms with E-state index in [1.807, 2.05) is 114 Å². The standard InChI is InChI=1S/C35H29N7O3/c43-34(30(25-9-3-1-4-10-25)26-11-5-2-6-12-26)42-20-19-29-31(32(42)35(44)45)36-22-41(29)21-23-15-17-24(18-16-23)27-13-7-8-14-28(27)33-37-39-40-38-33/h1-18,22,30,32H,19-21H2,(H,44,45)(H,37,38,39,40). The Bertz CT molecular complexity index is 1900. The predicted molar refractivity (Wildman–Crippen MR) is 167 cm³/mol. The number of carboxylic acids is 1. The summed E-state index contributed by atoms with van der Waals surface area (Å²) >= 11 is 0. The number of tetrazole rings is 1. The molecule has 6 aromatic rings. The van der Waals surface area contributed by atoms with Crippen molar-refractivity contribution in [2.24, 2.45) is 0 Å². The van der Waals surface area contributed by atoms with Crippen LogP contribution in [0.25, 0.3) is 22.5 Å². The van der Waals surface area contributed by atoms with E-state index in [2.05, 4.69) is 25.6 Å². The molecular weight excluding hydrogens is 566 g/mol. The van der Waals surface area contributed by atoms with Gasteiger partial charge in [-0.1, -0.05) is 109 Å². The molecule has 1 atom stereocenters. The van der Waals surface area contributed by atoms with Crippen molar-refractivity contribution in [3.05, 3.63) is 144 Å². The number of benzene rings is 4. The number of rotatable bonds is 8. The summed E-state index contributed by atoms with van der Waals surface area (Å²) in [5.74, 6) is -1.45. The van der Waals surface area contributed by atoms with Crippen molar-refractivity contribution in [2.45, 2.75) is 24.9 Å². The number of aliphatic carboxylic acids is 1. The van der Waals surface area contributed by atoms with E-state index in [4.69, 9.17) is 0 Å². The molecule has 45 heavy (non-hydrogen) atoms. The molecule has 0 fully saturated rings. The molecule has 0 saturated heterocycles. The Morgan fingerprint density at radius 1 is 0.844 bits per heavy atom. The first kappa shape index (κ1) is 27.9. The average molecular weight is 596 g/mol. The smallest absolute Gasteiger partial charge is 0.332 e. The third kappa shape index (κ3) is 5.38. The summed E-state index contributed by atoms with van der Waals surface area (Å²) in [5, 5.41) is 24.9. The molecule has 0 saturated carbocycles. The van der Waals surface area contributed by atoms with E-state index in [0.29, 0.717) is 24.5 Å². The lowest BCUT2D eigenvalue weighted by molar-refractivity contribution is -0.151. The van der Waals surface area contributed by atoms with Crippen LogP contribution >= 0.6 is 0 Å². The summed E-state index contributed by atoms with van der Waals surface area (Å²) in [6, 6.07) is 33.9. The topological polar surface area (TPSA) is 130 Å². The van der Waals surface area contributed by atoms with E-state index in [1.165, 1.54) is 4.90 Å². The minimum atomic E-state index is -1.18. The van der Waals surface area contributed by atoms with Crippen molar-refractivity contribution in [3.8, 4) is 22.5 Å². The minimum Gasteiger partial charge on any atom is -0.479 e. The lowest BCUT2D eigenvalue weighted by Crippen LogP contribution is -2.46. The van der Waals surface area contributed by atoms with Crippen molar-refractivity contribution in [1.29, 1.82) is 0 Å². The highest BCUT2D eigenvalue weighted by Crippen LogP contribution is 2.35. The SMILES string of the molecule is O=C(O)C1c2ncn(Cc3ccc(-c4ccccc4-c4nn[nH]n4)cc3)c2CCN1C(=O)C(c1ccccc1)c1ccccc1. The third-order valence-corrected chi connectivity index (χ3v) is 8.30. The van der Waals surface area contributed by atoms with Gasteiger partial charge in [-0.3, -0.25) is 4.79 Å². The molecule has 1 amide bonds. The van der Waals surface area contributed by atoms with Gasteiger partial charge < -0.3 is 14.6 Å². The van der Waals surface area contributed by atoms with Gasteiger partial charge in [0.2, 0.25) is 11.7 Å². The summed E-state index contributed by atoms with van der Waals surface area (Å²) in [6.07, 6.45) is 2.18. The number of carbonyl (C=O) groups is 2. The van der Waals surface area contributed by atoms with Crippen LogP contribution in [0.2, 0.25) is 0 Å². The minimum absolute atomic E-state index is 0.253. The number of hydrogen-bond donors (Lipinski definition) is 2. The Hall–Kier alpha value is -5.90. The monoisotopic (exact) mass is 595 g/mol. The molecular formula is C35H29N7O3. The molecule has 0 bridgehead atoms. The fourth-order valence-electron chi connectivity index (χ4n) is 6.18. The van der Waals surface area contributed by atoms with Gasteiger partial charge in [0.25, 0.3) is 0 Å². The number of nitrogens with zero attached hydrogens (tertiary/aromatic N) is 6. The number of fused-ring (bicyclic) bond motifs is 1. The van der Waals surface area contributed by atoms with E-state index >= 15 is 0 Å². The molecule has 4 aromatic carbocycles. The second kappa shape index (κ2) is 12.0. The van der Waals surface area contributed by atoms with Crippen LogP contribution in [0.15, 0.2) is 116 Å². The number of aromatic nitrogens is 6. The zero-order valence-corrected chi connectivity index (χ0v) is 24.2. The van der Waals surface area contributed by atoms with Crippen molar-refractivity contribution in [1.82, 2.24) is 35.1 Å². The molecule has 3 heterocycles. The molecule has 0 spiro atoms. The Balaban J connectivity index is 1.15. The maximum absolute atomic E-state index is 14.2. The normalized spacial score (nSPS) is 14.3. The van der Waals surface area contributed by atoms with E-state index in [0.717, 1.165) is 39.1 Å². The van der Waals surface area contributed by atoms with Crippen LogP contribution in [0.4, 0.5) is 0 Å². The van der Waals surface area contributed by atoms with Crippen LogP contribution in [0, 0.1) is 0 Å². The highest BCUT2D eigenvalue weighted by molar-refractivity contribution is 5.91. The largest absolute Gasteiger partial charge is 0.479 e. The Morgan fingerprint density at radius 3 is 2.11 bits per heavy atom. The van der Waals surface area contributed by atoms with Crippen LogP contribution in [-0.4, -0.2) is 58.6 Å². The molecule has 2 N–H and O–H groups in total. The number of carbonyl (C=O) groups excluding carboxylic acids is 1. The zero-order chi connectivity index (χ0) is 30.8. The molecule has 7 rings (SSSR count). The molecule has 0 aliphatic carbocycles. The predicted octanol–water partition coefficient (Wildman–Crippen LogP) is 5.12. The summed E-state index contributed by atoms with van der Waals surface area (Å²) < 4.78 is 1.99. The number of hydrogen-bond acceptors (Lipinski definition) is 6. The molecule has 10 heteroatoms. The molecule has 1 aliphatic rings. The summed E-state index contributed by atoms with van der Waals surface area (Å²) in [5.41, 5.74) is 6.79. The summed E-state index contributed by atoms with van der Waals surface area (Å²) in [7, 11) is 0. The van der Waals surface area contributed by atoms with Gasteiger partial charge in [-0.15, -0.1) is 10.2 Å². The number of nitrogens with one attached hydrogen (secondary N) is 1. The fourth-order valence-corrected chi connectivity index (χ4v) is 6.18. The maximum Gasteiger partial charge on any atom is 0.332 e. The molecule has 10 nitrogen and oxygen atoms in total. The van der Waals surface area contributed by atoms with Crippen molar-refractivity contribution < 1.29 is 14.7 Å². The van der Waals surface area contributed by atoms with Gasteiger partial charge in [-0.25, -0.2) is 9.78 Å². The Kier molecular flexibility index (Phi) is 7.44. The highest BCUT2D eigenvalue weighted by Gasteiger charge is 2.41. The van der Waals surface area contributed by atoms with Crippen molar-refractivity contribution >= 4 is 11.9 Å². The summed E-state index contributed by atoms with van der Waals surface area (Å²) in [6.45, 7) is 0.794. The van der Waals surface area contributed by atoms with Gasteiger partial charge in [-0.05, 0) is 33.0 Å². The van der Waals surface area contributed by atoms with Gasteiger partial charge in [0.1, 0.15) is 0 Å². The number of H-pyrrole nitrogens is 1. The van der Waals surface area contributed by atoms with E-state index < -0.39 is 17.9 Å². The second-order valence-corrected chi connectivity index (χ2v) is 11.0. The quantitative estimate of drug-likeness (QED) is 0.250. The van der Waals surface area contributed by atoms with Crippen LogP contribution in [-0.2, 0) is 22.6 Å². The number of imidazole rings is 1. The van der Waals surface area contributed by atoms with E-state index in [1.54, 1.807) is 6.33 Å². The van der Waals surface area contributed by atoms with Crippen LogP contribution < -0.4 is 0 Å². The van der Waals surface area contributed by atoms with Gasteiger partial charge in [0.05, 0.1) is 17.9 Å². The van der Waals surface area contributed by atoms with Crippen LogP contribution in [0.3, 0.4) is 0 Å². The number of carboxylic acid groups (broad SMARTS) is 1. The van der Waals surface area contributed by atoms with Crippen molar-refractivity contribution in [3.63, 3.8) is 0 Å². The fraction of sp³-hybridized carbons (Fsp3) is 0.143. The molecule has 2 aromatic heterocycles. The maximum atomic E-state index is 14.2. The number of amides is 1. The van der Waals surface area contributed by atoms with Gasteiger partial charge in [0, 0.05) is 30.8 Å². The molecule has 222 valence electrons. The molecule has 1 unspecified atom stereocenters. The number of aromatic amines is 1. The van der Waals surface area contributed by atoms with Crippen LogP contribution in [0.5, 0.6) is 0 Å². The first-order valence-corrected chi connectivity index (χ1v) is 14.7. The highest BCUT2D eigenvalue weighted by atomic mass is 16.4. The Morgan fingerprint density at radius 2 is 1.49 bits per heavy atom. The molecule has 1 aliphatic heterocycles. The first-order chi connectivity index (χ1) is 22.1. The second-order valence-electron chi connectivity index (χ2n) is 11.0. The van der Waals surface area contributed by atoms with Gasteiger partial charge >= 0.3 is 5.97 Å². The van der Waals surface area contributed by atoms with E-state index in [9.17, 15) is 14.7 Å².